The van der Waals surface area contributed by atoms with Gasteiger partial charge in [-0.15, -0.1) is 0 Å². The summed E-state index contributed by atoms with van der Waals surface area (Å²) in [4.78, 5) is 27.9. The summed E-state index contributed by atoms with van der Waals surface area (Å²) in [6, 6.07) is -0.858. The third kappa shape index (κ3) is 1.47. The van der Waals surface area contributed by atoms with Gasteiger partial charge in [0.2, 0.25) is 12.4 Å². The van der Waals surface area contributed by atoms with Gasteiger partial charge in [-0.3, -0.25) is 4.79 Å². The Hall–Kier alpha value is -2.31. The predicted octanol–water partition coefficient (Wildman–Crippen LogP) is 0.861. The standard InChI is InChI=1S/C12H13N3O4/c1-12(2,3)19-11(18)15-7-6-4-13-5-14(6)8(9(7)16)10(15)17/h4-5,8,16H,1-3H3/p+1. The molecule has 2 aliphatic heterocycles. The van der Waals surface area contributed by atoms with E-state index in [1.807, 2.05) is 0 Å². The van der Waals surface area contributed by atoms with Gasteiger partial charge in [0.1, 0.15) is 17.5 Å². The number of hydrogen-bond acceptors (Lipinski definition) is 4. The molecule has 100 valence electrons. The maximum absolute atomic E-state index is 12.2. The number of rotatable bonds is 0. The van der Waals surface area contributed by atoms with Gasteiger partial charge in [0, 0.05) is 0 Å². The Morgan fingerprint density at radius 2 is 2.21 bits per heavy atom. The number of aromatic nitrogens is 2. The monoisotopic (exact) mass is 264 g/mol. The number of hydrogen-bond donors (Lipinski definition) is 2. The molecule has 0 saturated heterocycles. The van der Waals surface area contributed by atoms with Gasteiger partial charge in [-0.2, -0.15) is 0 Å². The number of imidazole rings is 1. The lowest BCUT2D eigenvalue weighted by molar-refractivity contribution is -0.701. The zero-order chi connectivity index (χ0) is 13.9. The van der Waals surface area contributed by atoms with E-state index in [0.29, 0.717) is 5.69 Å². The largest absolute Gasteiger partial charge is 0.506 e. The Bertz CT molecular complexity index is 623. The number of amides is 2. The molecule has 0 radical (unpaired) electrons. The molecule has 0 fully saturated rings. The number of imide groups is 1. The highest BCUT2D eigenvalue weighted by Crippen LogP contribution is 2.40. The van der Waals surface area contributed by atoms with Gasteiger partial charge in [0.15, 0.2) is 11.5 Å². The summed E-state index contributed by atoms with van der Waals surface area (Å²) in [6.45, 7) is 5.15. The maximum atomic E-state index is 12.2. The van der Waals surface area contributed by atoms with Gasteiger partial charge in [-0.25, -0.2) is 19.2 Å². The van der Waals surface area contributed by atoms with Gasteiger partial charge >= 0.3 is 6.09 Å². The van der Waals surface area contributed by atoms with Crippen LogP contribution in [0.15, 0.2) is 18.3 Å². The number of aliphatic hydroxyl groups excluding tert-OH is 1. The average molecular weight is 264 g/mol. The number of nitrogens with one attached hydrogen (secondary N) is 1. The molecule has 1 aromatic heterocycles. The van der Waals surface area contributed by atoms with Crippen molar-refractivity contribution in [3.8, 4) is 0 Å². The fourth-order valence-corrected chi connectivity index (χ4v) is 2.32. The first-order valence-corrected chi connectivity index (χ1v) is 5.89. The van der Waals surface area contributed by atoms with Gasteiger partial charge in [0.25, 0.3) is 5.91 Å². The summed E-state index contributed by atoms with van der Waals surface area (Å²) in [6.07, 6.45) is 2.43. The van der Waals surface area contributed by atoms with E-state index in [0.717, 1.165) is 4.90 Å². The van der Waals surface area contributed by atoms with Gasteiger partial charge in [0.05, 0.1) is 0 Å². The number of ether oxygens (including phenoxy) is 1. The molecule has 3 heterocycles. The zero-order valence-electron chi connectivity index (χ0n) is 10.8. The van der Waals surface area contributed by atoms with Crippen LogP contribution >= 0.6 is 0 Å². The van der Waals surface area contributed by atoms with Crippen molar-refractivity contribution in [2.24, 2.45) is 0 Å². The van der Waals surface area contributed by atoms with E-state index < -0.39 is 23.6 Å². The zero-order valence-corrected chi connectivity index (χ0v) is 10.8. The van der Waals surface area contributed by atoms with Crippen molar-refractivity contribution in [1.82, 2.24) is 9.88 Å². The van der Waals surface area contributed by atoms with Crippen LogP contribution in [0, 0.1) is 0 Å². The van der Waals surface area contributed by atoms with Crippen LogP contribution in [0.2, 0.25) is 0 Å². The van der Waals surface area contributed by atoms with Gasteiger partial charge in [-0.1, -0.05) is 0 Å². The smallest absolute Gasteiger partial charge is 0.422 e. The Kier molecular flexibility index (Phi) is 2.09. The molecule has 3 rings (SSSR count). The van der Waals surface area contributed by atoms with Crippen LogP contribution in [-0.2, 0) is 9.53 Å². The van der Waals surface area contributed by atoms with E-state index in [2.05, 4.69) is 4.98 Å². The summed E-state index contributed by atoms with van der Waals surface area (Å²) in [5.74, 6) is -0.612. The first kappa shape index (κ1) is 11.8. The molecule has 0 aliphatic carbocycles. The number of aromatic amines is 1. The van der Waals surface area contributed by atoms with Crippen LogP contribution in [-0.4, -0.2) is 32.6 Å². The third-order valence-electron chi connectivity index (χ3n) is 2.99. The highest BCUT2D eigenvalue weighted by atomic mass is 16.6. The molecule has 2 amide bonds. The van der Waals surface area contributed by atoms with E-state index in [1.54, 1.807) is 37.9 Å². The van der Waals surface area contributed by atoms with Crippen LogP contribution in [0.25, 0.3) is 5.70 Å². The van der Waals surface area contributed by atoms with Crippen LogP contribution in [0.1, 0.15) is 32.5 Å². The summed E-state index contributed by atoms with van der Waals surface area (Å²) >= 11 is 0. The van der Waals surface area contributed by atoms with Crippen molar-refractivity contribution >= 4 is 17.7 Å². The molecule has 7 heteroatoms. The van der Waals surface area contributed by atoms with E-state index in [9.17, 15) is 14.7 Å². The van der Waals surface area contributed by atoms with Crippen molar-refractivity contribution in [3.05, 3.63) is 24.0 Å². The highest BCUT2D eigenvalue weighted by Gasteiger charge is 2.56. The van der Waals surface area contributed by atoms with Crippen molar-refractivity contribution in [3.63, 3.8) is 0 Å². The lowest BCUT2D eigenvalue weighted by Gasteiger charge is -2.25. The third-order valence-corrected chi connectivity index (χ3v) is 2.99. The predicted molar refractivity (Wildman–Crippen MR) is 62.7 cm³/mol. The lowest BCUT2D eigenvalue weighted by Crippen LogP contribution is -2.52. The second-order valence-corrected chi connectivity index (χ2v) is 5.52. The molecular weight excluding hydrogens is 250 g/mol. The van der Waals surface area contributed by atoms with Gasteiger partial charge < -0.3 is 9.84 Å². The van der Waals surface area contributed by atoms with E-state index >= 15 is 0 Å². The van der Waals surface area contributed by atoms with E-state index in [-0.39, 0.29) is 11.5 Å². The molecule has 2 bridgehead atoms. The van der Waals surface area contributed by atoms with Gasteiger partial charge in [-0.05, 0) is 20.8 Å². The molecule has 0 spiro atoms. The van der Waals surface area contributed by atoms with Crippen molar-refractivity contribution < 1.29 is 24.0 Å². The molecule has 1 atom stereocenters. The first-order valence-electron chi connectivity index (χ1n) is 5.89. The van der Waals surface area contributed by atoms with Crippen LogP contribution in [0.5, 0.6) is 0 Å². The summed E-state index contributed by atoms with van der Waals surface area (Å²) in [7, 11) is 0. The second-order valence-electron chi connectivity index (χ2n) is 5.52. The Balaban J connectivity index is 1.99. The average Bonchev–Trinajstić information content (AvgIpc) is 2.85. The SMILES string of the molecule is CC(C)(C)OC(=O)N1C(=O)C2C(O)=C1c1c[nH]c[n+]12. The van der Waals surface area contributed by atoms with E-state index in [1.165, 1.54) is 0 Å². The second kappa shape index (κ2) is 3.37. The minimum atomic E-state index is -0.858. The van der Waals surface area contributed by atoms with Crippen molar-refractivity contribution in [2.45, 2.75) is 32.4 Å². The molecule has 2 aliphatic rings. The van der Waals surface area contributed by atoms with Crippen molar-refractivity contribution in [2.75, 3.05) is 0 Å². The molecule has 7 nitrogen and oxygen atoms in total. The maximum Gasteiger partial charge on any atom is 0.422 e. The minimum Gasteiger partial charge on any atom is -0.506 e. The highest BCUT2D eigenvalue weighted by molar-refractivity contribution is 6.08. The molecule has 19 heavy (non-hydrogen) atoms. The Morgan fingerprint density at radius 1 is 1.53 bits per heavy atom. The van der Waals surface area contributed by atoms with Crippen molar-refractivity contribution in [1.29, 1.82) is 0 Å². The van der Waals surface area contributed by atoms with Crippen LogP contribution in [0.3, 0.4) is 0 Å². The topological polar surface area (TPSA) is 86.5 Å². The molecular formula is C12H14N3O4+. The fraction of sp³-hybridized carbons (Fsp3) is 0.417. The summed E-state index contributed by atoms with van der Waals surface area (Å²) in [5.41, 5.74) is 0.0854. The number of fused-ring (bicyclic) bond motifs is 4. The molecule has 2 N–H and O–H groups in total. The summed E-state index contributed by atoms with van der Waals surface area (Å²) in [5, 5.41) is 10.0. The number of carbonyl (C=O) groups is 2. The molecule has 0 saturated carbocycles. The van der Waals surface area contributed by atoms with Crippen LogP contribution < -0.4 is 4.57 Å². The number of aliphatic hydroxyl groups is 1. The minimum absolute atomic E-state index is 0.111. The normalized spacial score (nSPS) is 21.1. The fourth-order valence-electron chi connectivity index (χ4n) is 2.32. The molecule has 1 unspecified atom stereocenters. The van der Waals surface area contributed by atoms with Crippen LogP contribution in [0.4, 0.5) is 4.79 Å². The Morgan fingerprint density at radius 3 is 2.84 bits per heavy atom. The number of H-pyrrole nitrogens is 1. The molecule has 0 aromatic carbocycles. The quantitative estimate of drug-likeness (QED) is 0.680. The Labute approximate surface area is 109 Å². The summed E-state index contributed by atoms with van der Waals surface area (Å²) < 4.78 is 6.78. The van der Waals surface area contributed by atoms with E-state index in [4.69, 9.17) is 4.74 Å². The lowest BCUT2D eigenvalue weighted by atomic mass is 10.2. The first-order chi connectivity index (χ1) is 8.81. The molecule has 1 aromatic rings. The number of nitrogens with zero attached hydrogens (tertiary/aromatic N) is 2. The number of carbonyl (C=O) groups excluding carboxylic acids is 2.